The van der Waals surface area contributed by atoms with Crippen LogP contribution in [0.3, 0.4) is 0 Å². The normalized spacial score (nSPS) is 19.6. The summed E-state index contributed by atoms with van der Waals surface area (Å²) in [4.78, 5) is 37.2. The van der Waals surface area contributed by atoms with Gasteiger partial charge in [-0.2, -0.15) is 4.39 Å². The Labute approximate surface area is 95.7 Å². The molecule has 1 aliphatic heterocycles. The van der Waals surface area contributed by atoms with E-state index in [0.717, 1.165) is 17.2 Å². The number of nitrogens with zero attached hydrogens (tertiary/aromatic N) is 2. The van der Waals surface area contributed by atoms with Gasteiger partial charge >= 0.3 is 5.69 Å². The van der Waals surface area contributed by atoms with Crippen molar-refractivity contribution in [2.75, 3.05) is 6.54 Å². The van der Waals surface area contributed by atoms with Gasteiger partial charge in [0.2, 0.25) is 11.7 Å². The van der Waals surface area contributed by atoms with Crippen LogP contribution < -0.4 is 11.2 Å². The predicted octanol–water partition coefficient (Wildman–Crippen LogP) is -0.183. The molecular weight excluding hydrogens is 229 g/mol. The summed E-state index contributed by atoms with van der Waals surface area (Å²) in [5, 5.41) is 0. The Kier molecular flexibility index (Phi) is 2.83. The molecule has 1 aliphatic rings. The number of halogens is 1. The van der Waals surface area contributed by atoms with E-state index in [4.69, 9.17) is 0 Å². The Hall–Kier alpha value is -1.92. The third kappa shape index (κ3) is 2.00. The van der Waals surface area contributed by atoms with Crippen LogP contribution in [0.25, 0.3) is 0 Å². The highest BCUT2D eigenvalue weighted by Crippen LogP contribution is 2.25. The highest BCUT2D eigenvalue weighted by Gasteiger charge is 2.29. The molecule has 17 heavy (non-hydrogen) atoms. The van der Waals surface area contributed by atoms with Gasteiger partial charge in [-0.3, -0.25) is 19.1 Å². The predicted molar refractivity (Wildman–Crippen MR) is 56.9 cm³/mol. The molecule has 0 bridgehead atoms. The summed E-state index contributed by atoms with van der Waals surface area (Å²) < 4.78 is 14.2. The van der Waals surface area contributed by atoms with Crippen LogP contribution in [0.2, 0.25) is 0 Å². The number of carbonyl (C=O) groups is 1. The van der Waals surface area contributed by atoms with Gasteiger partial charge in [0.05, 0.1) is 6.20 Å². The molecular formula is C10H12FN3O3. The Balaban J connectivity index is 2.47. The first kappa shape index (κ1) is 11.6. The van der Waals surface area contributed by atoms with E-state index in [1.807, 2.05) is 4.98 Å². The Morgan fingerprint density at radius 2 is 2.24 bits per heavy atom. The first-order valence-corrected chi connectivity index (χ1v) is 5.29. The number of aromatic amines is 1. The summed E-state index contributed by atoms with van der Waals surface area (Å²) in [5.41, 5.74) is -1.74. The molecule has 1 aromatic rings. The number of rotatable bonds is 1. The molecule has 7 heteroatoms. The maximum Gasteiger partial charge on any atom is 0.330 e. The fourth-order valence-electron chi connectivity index (χ4n) is 2.09. The van der Waals surface area contributed by atoms with E-state index in [0.29, 0.717) is 13.0 Å². The van der Waals surface area contributed by atoms with Crippen molar-refractivity contribution in [1.82, 2.24) is 14.5 Å². The number of likely N-dealkylation sites (tertiary alicyclic amines) is 1. The van der Waals surface area contributed by atoms with E-state index in [-0.39, 0.29) is 5.91 Å². The number of hydrogen-bond donors (Lipinski definition) is 1. The first-order valence-electron chi connectivity index (χ1n) is 5.29. The zero-order valence-electron chi connectivity index (χ0n) is 9.27. The maximum absolute atomic E-state index is 13.1. The molecule has 92 valence electrons. The second-order valence-electron chi connectivity index (χ2n) is 3.98. The number of amides is 1. The SMILES string of the molecule is CC(=O)N1CCCC1n1cc(F)c(=O)[nH]c1=O. The zero-order chi connectivity index (χ0) is 12.6. The molecule has 1 fully saturated rings. The van der Waals surface area contributed by atoms with Gasteiger partial charge in [0.15, 0.2) is 0 Å². The van der Waals surface area contributed by atoms with Crippen LogP contribution in [-0.2, 0) is 4.79 Å². The molecule has 1 aromatic heterocycles. The molecule has 0 aromatic carbocycles. The van der Waals surface area contributed by atoms with Crippen LogP contribution in [-0.4, -0.2) is 26.9 Å². The monoisotopic (exact) mass is 241 g/mol. The van der Waals surface area contributed by atoms with E-state index in [1.165, 1.54) is 11.8 Å². The van der Waals surface area contributed by atoms with Crippen molar-refractivity contribution in [3.63, 3.8) is 0 Å². The van der Waals surface area contributed by atoms with Gasteiger partial charge in [-0.15, -0.1) is 0 Å². The Morgan fingerprint density at radius 3 is 2.88 bits per heavy atom. The lowest BCUT2D eigenvalue weighted by atomic mass is 10.3. The summed E-state index contributed by atoms with van der Waals surface area (Å²) in [7, 11) is 0. The lowest BCUT2D eigenvalue weighted by molar-refractivity contribution is -0.131. The van der Waals surface area contributed by atoms with Crippen LogP contribution in [0.1, 0.15) is 25.9 Å². The summed E-state index contributed by atoms with van der Waals surface area (Å²) in [5.74, 6) is -1.20. The first-order chi connectivity index (χ1) is 8.00. The molecule has 0 saturated carbocycles. The van der Waals surface area contributed by atoms with Crippen molar-refractivity contribution in [1.29, 1.82) is 0 Å². The van der Waals surface area contributed by atoms with Crippen molar-refractivity contribution in [3.8, 4) is 0 Å². The quantitative estimate of drug-likeness (QED) is 0.740. The molecule has 0 aliphatic carbocycles. The molecule has 1 amide bonds. The fraction of sp³-hybridized carbons (Fsp3) is 0.500. The number of H-pyrrole nitrogens is 1. The summed E-state index contributed by atoms with van der Waals surface area (Å²) in [6.07, 6.45) is 1.67. The van der Waals surface area contributed by atoms with Gasteiger partial charge in [-0.05, 0) is 12.8 Å². The molecule has 1 saturated heterocycles. The molecule has 0 spiro atoms. The number of hydrogen-bond acceptors (Lipinski definition) is 3. The molecule has 1 N–H and O–H groups in total. The lowest BCUT2D eigenvalue weighted by Crippen LogP contribution is -2.40. The van der Waals surface area contributed by atoms with Gasteiger partial charge in [0.25, 0.3) is 5.56 Å². The maximum atomic E-state index is 13.1. The minimum Gasteiger partial charge on any atom is -0.322 e. The average molecular weight is 241 g/mol. The number of nitrogens with one attached hydrogen (secondary N) is 1. The molecule has 1 atom stereocenters. The largest absolute Gasteiger partial charge is 0.330 e. The molecule has 0 radical (unpaired) electrons. The van der Waals surface area contributed by atoms with Gasteiger partial charge in [0, 0.05) is 13.5 Å². The molecule has 6 nitrogen and oxygen atoms in total. The number of carbonyl (C=O) groups excluding carboxylic acids is 1. The summed E-state index contributed by atoms with van der Waals surface area (Å²) in [6.45, 7) is 1.93. The van der Waals surface area contributed by atoms with Gasteiger partial charge in [-0.25, -0.2) is 4.79 Å². The van der Waals surface area contributed by atoms with Crippen LogP contribution in [0.4, 0.5) is 4.39 Å². The van der Waals surface area contributed by atoms with Gasteiger partial charge in [-0.1, -0.05) is 0 Å². The summed E-state index contributed by atoms with van der Waals surface area (Å²) >= 11 is 0. The van der Waals surface area contributed by atoms with Crippen LogP contribution in [0, 0.1) is 5.82 Å². The summed E-state index contributed by atoms with van der Waals surface area (Å²) in [6, 6.07) is 0. The highest BCUT2D eigenvalue weighted by atomic mass is 19.1. The van der Waals surface area contributed by atoms with E-state index >= 15 is 0 Å². The fourth-order valence-corrected chi connectivity index (χ4v) is 2.09. The highest BCUT2D eigenvalue weighted by molar-refractivity contribution is 5.73. The van der Waals surface area contributed by atoms with Crippen molar-refractivity contribution in [3.05, 3.63) is 32.9 Å². The van der Waals surface area contributed by atoms with Crippen LogP contribution in [0.5, 0.6) is 0 Å². The zero-order valence-corrected chi connectivity index (χ0v) is 9.27. The second-order valence-corrected chi connectivity index (χ2v) is 3.98. The van der Waals surface area contributed by atoms with Gasteiger partial charge < -0.3 is 4.90 Å². The average Bonchev–Trinajstić information content (AvgIpc) is 2.72. The standard InChI is InChI=1S/C10H12FN3O3/c1-6(15)13-4-2-3-8(13)14-5-7(11)9(16)12-10(14)17/h5,8H,2-4H2,1H3,(H,12,16,17). The van der Waals surface area contributed by atoms with E-state index in [2.05, 4.69) is 0 Å². The van der Waals surface area contributed by atoms with E-state index in [1.54, 1.807) is 0 Å². The second kappa shape index (κ2) is 4.15. The van der Waals surface area contributed by atoms with Crippen molar-refractivity contribution >= 4 is 5.91 Å². The van der Waals surface area contributed by atoms with Crippen molar-refractivity contribution < 1.29 is 9.18 Å². The topological polar surface area (TPSA) is 75.2 Å². The third-order valence-electron chi connectivity index (χ3n) is 2.87. The minimum atomic E-state index is -1.04. The Morgan fingerprint density at radius 1 is 1.53 bits per heavy atom. The lowest BCUT2D eigenvalue weighted by Gasteiger charge is -2.24. The van der Waals surface area contributed by atoms with Gasteiger partial charge in [0.1, 0.15) is 6.17 Å². The third-order valence-corrected chi connectivity index (χ3v) is 2.87. The van der Waals surface area contributed by atoms with Crippen LogP contribution >= 0.6 is 0 Å². The minimum absolute atomic E-state index is 0.175. The van der Waals surface area contributed by atoms with Crippen LogP contribution in [0.15, 0.2) is 15.8 Å². The molecule has 1 unspecified atom stereocenters. The van der Waals surface area contributed by atoms with Crippen molar-refractivity contribution in [2.24, 2.45) is 0 Å². The molecule has 2 heterocycles. The van der Waals surface area contributed by atoms with E-state index < -0.39 is 23.2 Å². The smallest absolute Gasteiger partial charge is 0.322 e. The number of aromatic nitrogens is 2. The molecule has 2 rings (SSSR count). The Bertz CT molecular complexity index is 563. The van der Waals surface area contributed by atoms with Crippen molar-refractivity contribution in [2.45, 2.75) is 25.9 Å². The van der Waals surface area contributed by atoms with E-state index in [9.17, 15) is 18.8 Å².